The number of thioether (sulfide) groups is 1. The van der Waals surface area contributed by atoms with Gasteiger partial charge in [-0.15, -0.1) is 11.8 Å². The molecular formula is C21H32N2O6S. The Morgan fingerprint density at radius 1 is 1.27 bits per heavy atom. The van der Waals surface area contributed by atoms with E-state index in [1.165, 1.54) is 17.0 Å². The standard InChI is InChI=1S/C21H32N2O6S/c1-7-28-19(24)10-9-13-22(20(25)29-21(4,5)6)15(3)17-14-16(23(26)27)11-12-18(17)30-8-2/h11-12,14-15H,7-10,13H2,1-6H3. The Hall–Kier alpha value is -2.29. The molecule has 0 heterocycles. The maximum Gasteiger partial charge on any atom is 0.410 e. The number of hydrogen-bond donors (Lipinski definition) is 0. The number of nitro benzene ring substituents is 1. The van der Waals surface area contributed by atoms with Gasteiger partial charge in [-0.05, 0) is 58.4 Å². The third-order valence-electron chi connectivity index (χ3n) is 4.13. The zero-order chi connectivity index (χ0) is 22.9. The van der Waals surface area contributed by atoms with Crippen molar-refractivity contribution in [2.75, 3.05) is 18.9 Å². The Bertz CT molecular complexity index is 748. The van der Waals surface area contributed by atoms with Crippen LogP contribution in [0, 0.1) is 10.1 Å². The maximum atomic E-state index is 12.9. The van der Waals surface area contributed by atoms with Gasteiger partial charge in [0.25, 0.3) is 5.69 Å². The number of hydrogen-bond acceptors (Lipinski definition) is 7. The van der Waals surface area contributed by atoms with E-state index < -0.39 is 22.7 Å². The van der Waals surface area contributed by atoms with Gasteiger partial charge in [0.2, 0.25) is 0 Å². The SMILES string of the molecule is CCOC(=O)CCCN(C(=O)OC(C)(C)C)C(C)c1cc([N+](=O)[O-])ccc1SCC. The summed E-state index contributed by atoms with van der Waals surface area (Å²) in [6.45, 7) is 11.4. The predicted octanol–water partition coefficient (Wildman–Crippen LogP) is 5.35. The van der Waals surface area contributed by atoms with E-state index in [4.69, 9.17) is 9.47 Å². The second-order valence-corrected chi connectivity index (χ2v) is 8.98. The van der Waals surface area contributed by atoms with Gasteiger partial charge in [-0.1, -0.05) is 6.92 Å². The molecule has 0 spiro atoms. The number of ether oxygens (including phenoxy) is 2. The highest BCUT2D eigenvalue weighted by atomic mass is 32.2. The maximum absolute atomic E-state index is 12.9. The fourth-order valence-corrected chi connectivity index (χ4v) is 3.69. The van der Waals surface area contributed by atoms with Gasteiger partial charge in [-0.25, -0.2) is 4.79 Å². The molecule has 0 saturated carbocycles. The molecule has 0 saturated heterocycles. The zero-order valence-corrected chi connectivity index (χ0v) is 19.4. The summed E-state index contributed by atoms with van der Waals surface area (Å²) in [5.74, 6) is 0.458. The summed E-state index contributed by atoms with van der Waals surface area (Å²) in [5, 5.41) is 11.3. The molecule has 1 atom stereocenters. The summed E-state index contributed by atoms with van der Waals surface area (Å²) < 4.78 is 10.5. The summed E-state index contributed by atoms with van der Waals surface area (Å²) in [5.41, 5.74) is -0.0501. The smallest absolute Gasteiger partial charge is 0.410 e. The van der Waals surface area contributed by atoms with E-state index in [-0.39, 0.29) is 24.6 Å². The Labute approximate surface area is 182 Å². The molecule has 0 bridgehead atoms. The van der Waals surface area contributed by atoms with E-state index in [2.05, 4.69) is 0 Å². The monoisotopic (exact) mass is 440 g/mol. The van der Waals surface area contributed by atoms with Crippen molar-refractivity contribution in [1.29, 1.82) is 0 Å². The number of esters is 1. The first-order valence-corrected chi connectivity index (χ1v) is 11.0. The minimum atomic E-state index is -0.695. The van der Waals surface area contributed by atoms with Crippen molar-refractivity contribution < 1.29 is 24.0 Å². The summed E-state index contributed by atoms with van der Waals surface area (Å²) in [7, 11) is 0. The molecule has 0 radical (unpaired) electrons. The lowest BCUT2D eigenvalue weighted by Crippen LogP contribution is -2.39. The van der Waals surface area contributed by atoms with Crippen LogP contribution >= 0.6 is 11.8 Å². The third kappa shape index (κ3) is 8.22. The van der Waals surface area contributed by atoms with Crippen molar-refractivity contribution in [1.82, 2.24) is 4.90 Å². The molecule has 1 amide bonds. The van der Waals surface area contributed by atoms with Crippen molar-refractivity contribution in [2.45, 2.75) is 70.9 Å². The van der Waals surface area contributed by atoms with Gasteiger partial charge in [-0.2, -0.15) is 0 Å². The van der Waals surface area contributed by atoms with Crippen LogP contribution in [0.2, 0.25) is 0 Å². The highest BCUT2D eigenvalue weighted by Crippen LogP contribution is 2.34. The van der Waals surface area contributed by atoms with Crippen LogP contribution < -0.4 is 0 Å². The van der Waals surface area contributed by atoms with Crippen LogP contribution in [0.1, 0.15) is 66.0 Å². The molecule has 9 heteroatoms. The Morgan fingerprint density at radius 2 is 1.93 bits per heavy atom. The minimum Gasteiger partial charge on any atom is -0.466 e. The van der Waals surface area contributed by atoms with E-state index in [0.717, 1.165) is 10.6 Å². The lowest BCUT2D eigenvalue weighted by atomic mass is 10.1. The summed E-state index contributed by atoms with van der Waals surface area (Å²) in [6.07, 6.45) is 0.0386. The molecule has 0 N–H and O–H groups in total. The number of carbonyl (C=O) groups is 2. The fraction of sp³-hybridized carbons (Fsp3) is 0.619. The molecule has 0 fully saturated rings. The van der Waals surface area contributed by atoms with Gasteiger partial charge in [-0.3, -0.25) is 14.9 Å². The molecule has 1 aromatic rings. The molecular weight excluding hydrogens is 408 g/mol. The average molecular weight is 441 g/mol. The molecule has 0 aliphatic heterocycles. The fourth-order valence-electron chi connectivity index (χ4n) is 2.82. The van der Waals surface area contributed by atoms with Gasteiger partial charge in [0.1, 0.15) is 5.60 Å². The largest absolute Gasteiger partial charge is 0.466 e. The molecule has 168 valence electrons. The number of nitrogens with zero attached hydrogens (tertiary/aromatic N) is 2. The Morgan fingerprint density at radius 3 is 2.47 bits per heavy atom. The van der Waals surface area contributed by atoms with Crippen molar-refractivity contribution in [3.8, 4) is 0 Å². The van der Waals surface area contributed by atoms with Gasteiger partial charge in [0, 0.05) is 30.0 Å². The molecule has 1 unspecified atom stereocenters. The van der Waals surface area contributed by atoms with E-state index in [0.29, 0.717) is 18.6 Å². The second kappa shape index (κ2) is 11.8. The molecule has 30 heavy (non-hydrogen) atoms. The first kappa shape index (κ1) is 25.7. The van der Waals surface area contributed by atoms with Crippen LogP contribution in [0.5, 0.6) is 0 Å². The third-order valence-corrected chi connectivity index (χ3v) is 5.11. The van der Waals surface area contributed by atoms with Crippen LogP contribution in [0.15, 0.2) is 23.1 Å². The van der Waals surface area contributed by atoms with Gasteiger partial charge < -0.3 is 14.4 Å². The molecule has 0 aliphatic rings. The van der Waals surface area contributed by atoms with Crippen LogP contribution in [-0.2, 0) is 14.3 Å². The predicted molar refractivity (Wildman–Crippen MR) is 117 cm³/mol. The van der Waals surface area contributed by atoms with Crippen LogP contribution in [0.25, 0.3) is 0 Å². The summed E-state index contributed by atoms with van der Waals surface area (Å²) in [4.78, 5) is 37.8. The lowest BCUT2D eigenvalue weighted by Gasteiger charge is -2.32. The first-order chi connectivity index (χ1) is 14.0. The lowest BCUT2D eigenvalue weighted by molar-refractivity contribution is -0.385. The van der Waals surface area contributed by atoms with E-state index >= 15 is 0 Å². The number of non-ortho nitro benzene ring substituents is 1. The minimum absolute atomic E-state index is 0.0343. The van der Waals surface area contributed by atoms with Crippen molar-refractivity contribution in [2.24, 2.45) is 0 Å². The number of carbonyl (C=O) groups excluding carboxylic acids is 2. The Balaban J connectivity index is 3.20. The van der Waals surface area contributed by atoms with Crippen LogP contribution in [0.4, 0.5) is 10.5 Å². The van der Waals surface area contributed by atoms with E-state index in [1.807, 2.05) is 13.8 Å². The van der Waals surface area contributed by atoms with Crippen LogP contribution in [-0.4, -0.2) is 46.4 Å². The normalized spacial score (nSPS) is 12.2. The van der Waals surface area contributed by atoms with Gasteiger partial charge in [0.05, 0.1) is 17.6 Å². The number of benzene rings is 1. The van der Waals surface area contributed by atoms with Gasteiger partial charge >= 0.3 is 12.1 Å². The van der Waals surface area contributed by atoms with E-state index in [1.54, 1.807) is 45.5 Å². The molecule has 0 aliphatic carbocycles. The van der Waals surface area contributed by atoms with Crippen molar-refractivity contribution >= 4 is 29.5 Å². The Kier molecular flexibility index (Phi) is 10.1. The average Bonchev–Trinajstić information content (AvgIpc) is 2.64. The van der Waals surface area contributed by atoms with Crippen molar-refractivity contribution in [3.05, 3.63) is 33.9 Å². The summed E-state index contributed by atoms with van der Waals surface area (Å²) in [6, 6.07) is 4.21. The number of amides is 1. The van der Waals surface area contributed by atoms with Crippen LogP contribution in [0.3, 0.4) is 0 Å². The number of nitro groups is 1. The highest BCUT2D eigenvalue weighted by molar-refractivity contribution is 7.99. The summed E-state index contributed by atoms with van der Waals surface area (Å²) >= 11 is 1.55. The second-order valence-electron chi connectivity index (χ2n) is 7.67. The molecule has 0 aromatic heterocycles. The van der Waals surface area contributed by atoms with E-state index in [9.17, 15) is 19.7 Å². The zero-order valence-electron chi connectivity index (χ0n) is 18.6. The number of rotatable bonds is 10. The molecule has 8 nitrogen and oxygen atoms in total. The quantitative estimate of drug-likeness (QED) is 0.209. The van der Waals surface area contributed by atoms with Crippen molar-refractivity contribution in [3.63, 3.8) is 0 Å². The van der Waals surface area contributed by atoms with Gasteiger partial charge in [0.15, 0.2) is 0 Å². The topological polar surface area (TPSA) is 99.0 Å². The molecule has 1 aromatic carbocycles. The molecule has 1 rings (SSSR count). The first-order valence-electron chi connectivity index (χ1n) is 10.1. The highest BCUT2D eigenvalue weighted by Gasteiger charge is 2.29.